The van der Waals surface area contributed by atoms with Crippen LogP contribution in [-0.2, 0) is 6.54 Å². The number of hydrogen-bond donors (Lipinski definition) is 2. The molecule has 1 atom stereocenters. The predicted octanol–water partition coefficient (Wildman–Crippen LogP) is 2.20. The summed E-state index contributed by atoms with van der Waals surface area (Å²) in [4.78, 5) is 24.9. The van der Waals surface area contributed by atoms with Crippen molar-refractivity contribution in [3.05, 3.63) is 41.3 Å². The zero-order valence-corrected chi connectivity index (χ0v) is 14.6. The molecule has 3 heterocycles. The predicted molar refractivity (Wildman–Crippen MR) is 97.5 cm³/mol. The Balaban J connectivity index is 1.82. The first-order valence-corrected chi connectivity index (χ1v) is 8.74. The number of urea groups is 1. The zero-order valence-electron chi connectivity index (χ0n) is 14.6. The molecule has 1 saturated heterocycles. The summed E-state index contributed by atoms with van der Waals surface area (Å²) in [6, 6.07) is 4.48. The van der Waals surface area contributed by atoms with Gasteiger partial charge in [0.2, 0.25) is 5.95 Å². The van der Waals surface area contributed by atoms with E-state index < -0.39 is 5.82 Å². The summed E-state index contributed by atoms with van der Waals surface area (Å²) in [5.74, 6) is 0.238. The van der Waals surface area contributed by atoms with Gasteiger partial charge in [0.15, 0.2) is 0 Å². The highest BCUT2D eigenvalue weighted by atomic mass is 19.1. The maximum Gasteiger partial charge on any atom is 0.330 e. The molecule has 8 heteroatoms. The number of nitrogens with zero attached hydrogens (tertiary/aromatic N) is 4. The monoisotopic (exact) mass is 356 g/mol. The number of nitrogens with one attached hydrogen (secondary N) is 1. The van der Waals surface area contributed by atoms with E-state index in [-0.39, 0.29) is 24.6 Å². The van der Waals surface area contributed by atoms with Gasteiger partial charge in [-0.25, -0.2) is 14.2 Å². The number of anilines is 3. The van der Waals surface area contributed by atoms with E-state index in [1.54, 1.807) is 30.2 Å². The van der Waals surface area contributed by atoms with Crippen LogP contribution < -0.4 is 20.9 Å². The molecule has 0 spiro atoms. The summed E-state index contributed by atoms with van der Waals surface area (Å²) >= 11 is 0. The lowest BCUT2D eigenvalue weighted by atomic mass is 10.0. The third kappa shape index (κ3) is 2.76. The molecule has 1 fully saturated rings. The van der Waals surface area contributed by atoms with Gasteiger partial charge in [-0.2, -0.15) is 4.98 Å². The maximum atomic E-state index is 14.5. The Labute approximate surface area is 151 Å². The van der Waals surface area contributed by atoms with E-state index in [2.05, 4.69) is 15.3 Å². The van der Waals surface area contributed by atoms with Crippen LogP contribution in [0.5, 0.6) is 0 Å². The van der Waals surface area contributed by atoms with Crippen molar-refractivity contribution in [3.8, 4) is 0 Å². The van der Waals surface area contributed by atoms with Gasteiger partial charge in [-0.3, -0.25) is 9.80 Å². The Bertz CT molecular complexity index is 831. The highest BCUT2D eigenvalue weighted by Crippen LogP contribution is 2.35. The van der Waals surface area contributed by atoms with Gasteiger partial charge in [0.05, 0.1) is 18.3 Å². The van der Waals surface area contributed by atoms with Crippen molar-refractivity contribution in [2.45, 2.75) is 32.4 Å². The average Bonchev–Trinajstić information content (AvgIpc) is 2.63. The van der Waals surface area contributed by atoms with Crippen LogP contribution in [0.2, 0.25) is 0 Å². The summed E-state index contributed by atoms with van der Waals surface area (Å²) in [5, 5.41) is 3.31. The van der Waals surface area contributed by atoms with Gasteiger partial charge in [0.25, 0.3) is 0 Å². The number of fused-ring (bicyclic) bond motifs is 1. The molecule has 0 radical (unpaired) electrons. The van der Waals surface area contributed by atoms with E-state index in [0.717, 1.165) is 24.9 Å². The number of aryl methyl sites for hydroxylation is 1. The topological polar surface area (TPSA) is 87.4 Å². The molecule has 0 bridgehead atoms. The molecule has 26 heavy (non-hydrogen) atoms. The first-order chi connectivity index (χ1) is 12.6. The first-order valence-electron chi connectivity index (χ1n) is 8.74. The minimum atomic E-state index is -0.417. The van der Waals surface area contributed by atoms with E-state index in [1.807, 2.05) is 0 Å². The fraction of sp³-hybridized carbons (Fsp3) is 0.389. The van der Waals surface area contributed by atoms with Crippen molar-refractivity contribution < 1.29 is 9.18 Å². The van der Waals surface area contributed by atoms with E-state index in [4.69, 9.17) is 5.73 Å². The molecule has 0 aliphatic carbocycles. The average molecular weight is 356 g/mol. The van der Waals surface area contributed by atoms with E-state index >= 15 is 0 Å². The first kappa shape index (κ1) is 16.7. The molecule has 136 valence electrons. The van der Waals surface area contributed by atoms with Crippen LogP contribution in [0.15, 0.2) is 24.4 Å². The third-order valence-corrected chi connectivity index (χ3v) is 4.95. The molecule has 2 aliphatic rings. The maximum absolute atomic E-state index is 14.5. The van der Waals surface area contributed by atoms with Gasteiger partial charge in [-0.05, 0) is 37.9 Å². The lowest BCUT2D eigenvalue weighted by molar-refractivity contribution is 0.245. The van der Waals surface area contributed by atoms with Crippen molar-refractivity contribution in [1.82, 2.24) is 15.3 Å². The Morgan fingerprint density at radius 3 is 2.96 bits per heavy atom. The van der Waals surface area contributed by atoms with Crippen molar-refractivity contribution in [2.75, 3.05) is 28.6 Å². The van der Waals surface area contributed by atoms with Crippen molar-refractivity contribution in [1.29, 1.82) is 0 Å². The summed E-state index contributed by atoms with van der Waals surface area (Å²) in [6.07, 6.45) is 3.44. The van der Waals surface area contributed by atoms with Crippen LogP contribution in [0.1, 0.15) is 24.0 Å². The summed E-state index contributed by atoms with van der Waals surface area (Å²) in [7, 11) is 0. The molecule has 2 aliphatic heterocycles. The molecule has 0 saturated carbocycles. The Morgan fingerprint density at radius 2 is 2.23 bits per heavy atom. The van der Waals surface area contributed by atoms with Gasteiger partial charge >= 0.3 is 6.03 Å². The normalized spacial score (nSPS) is 20.2. The number of aromatic nitrogens is 2. The second-order valence-electron chi connectivity index (χ2n) is 6.72. The highest BCUT2D eigenvalue weighted by Gasteiger charge is 2.39. The molecule has 2 amide bonds. The Morgan fingerprint density at radius 1 is 1.38 bits per heavy atom. The Kier molecular flexibility index (Phi) is 4.20. The fourth-order valence-corrected chi connectivity index (χ4v) is 3.71. The number of benzene rings is 1. The van der Waals surface area contributed by atoms with Crippen LogP contribution in [0.25, 0.3) is 0 Å². The van der Waals surface area contributed by atoms with E-state index in [1.165, 1.54) is 11.0 Å². The number of para-hydroxylation sites is 1. The summed E-state index contributed by atoms with van der Waals surface area (Å²) < 4.78 is 14.5. The standard InChI is InChI=1S/C18H21FN6O/c1-11-4-2-6-14(19)15(11)24-10-12-8-22-17(20)23-16(12)25(18(24)26)13-5-3-7-21-9-13/h2,4,6,8,13,21H,3,5,7,9-10H2,1H3,(H2,20,22,23)/t13-/m1/s1. The number of halogens is 1. The smallest absolute Gasteiger partial charge is 0.330 e. The quantitative estimate of drug-likeness (QED) is 0.861. The number of amides is 2. The number of carbonyl (C=O) groups is 1. The SMILES string of the molecule is Cc1cccc(F)c1N1Cc2cnc(N)nc2N([C@@H]2CCCNC2)C1=O. The molecular formula is C18H21FN6O. The molecule has 7 nitrogen and oxygen atoms in total. The lowest BCUT2D eigenvalue weighted by Crippen LogP contribution is -2.56. The van der Waals surface area contributed by atoms with Gasteiger partial charge in [-0.1, -0.05) is 12.1 Å². The second-order valence-corrected chi connectivity index (χ2v) is 6.72. The summed E-state index contributed by atoms with van der Waals surface area (Å²) in [6.45, 7) is 3.60. The number of nitrogen functional groups attached to an aromatic ring is 1. The van der Waals surface area contributed by atoms with Crippen LogP contribution in [0.3, 0.4) is 0 Å². The zero-order chi connectivity index (χ0) is 18.3. The van der Waals surface area contributed by atoms with Crippen molar-refractivity contribution in [2.24, 2.45) is 0 Å². The van der Waals surface area contributed by atoms with Gasteiger partial charge in [-0.15, -0.1) is 0 Å². The molecule has 1 aromatic carbocycles. The van der Waals surface area contributed by atoms with Crippen LogP contribution in [0, 0.1) is 12.7 Å². The van der Waals surface area contributed by atoms with Gasteiger partial charge in [0.1, 0.15) is 11.6 Å². The van der Waals surface area contributed by atoms with Crippen molar-refractivity contribution in [3.63, 3.8) is 0 Å². The van der Waals surface area contributed by atoms with Gasteiger partial charge < -0.3 is 11.1 Å². The molecule has 2 aromatic rings. The van der Waals surface area contributed by atoms with Gasteiger partial charge in [0, 0.05) is 18.3 Å². The number of hydrogen-bond acceptors (Lipinski definition) is 5. The Hall–Kier alpha value is -2.74. The number of piperidine rings is 1. The number of nitrogens with two attached hydrogens (primary N) is 1. The molecule has 3 N–H and O–H groups in total. The third-order valence-electron chi connectivity index (χ3n) is 4.95. The molecule has 0 unspecified atom stereocenters. The second kappa shape index (κ2) is 6.53. The molecule has 1 aromatic heterocycles. The largest absolute Gasteiger partial charge is 0.368 e. The highest BCUT2D eigenvalue weighted by molar-refractivity contribution is 6.06. The van der Waals surface area contributed by atoms with Crippen molar-refractivity contribution >= 4 is 23.5 Å². The minimum absolute atomic E-state index is 0.0563. The number of rotatable bonds is 2. The molecular weight excluding hydrogens is 335 g/mol. The lowest BCUT2D eigenvalue weighted by Gasteiger charge is -2.41. The van der Waals surface area contributed by atoms with E-state index in [9.17, 15) is 9.18 Å². The van der Waals surface area contributed by atoms with Crippen LogP contribution in [-0.4, -0.2) is 35.1 Å². The number of carbonyl (C=O) groups excluding carboxylic acids is 1. The van der Waals surface area contributed by atoms with E-state index in [0.29, 0.717) is 23.6 Å². The minimum Gasteiger partial charge on any atom is -0.368 e. The molecule has 4 rings (SSSR count). The summed E-state index contributed by atoms with van der Waals surface area (Å²) in [5.41, 5.74) is 7.53. The van der Waals surface area contributed by atoms with Crippen LogP contribution >= 0.6 is 0 Å². The fourth-order valence-electron chi connectivity index (χ4n) is 3.71. The van der Waals surface area contributed by atoms with Crippen LogP contribution in [0.4, 0.5) is 26.6 Å².